The Balaban J connectivity index is 1.76. The molecule has 0 radical (unpaired) electrons. The van der Waals surface area contributed by atoms with Crippen LogP contribution in [0.5, 0.6) is 0 Å². The van der Waals surface area contributed by atoms with Gasteiger partial charge in [0.25, 0.3) is 5.91 Å². The topological polar surface area (TPSA) is 83.6 Å². The number of aliphatic carboxylic acids is 1. The summed E-state index contributed by atoms with van der Waals surface area (Å²) in [4.78, 5) is 25.5. The Bertz CT molecular complexity index is 566. The molecular weight excluding hydrogens is 284 g/mol. The molecule has 0 aromatic carbocycles. The van der Waals surface area contributed by atoms with E-state index in [9.17, 15) is 9.59 Å². The number of carboxylic acid groups (broad SMARTS) is 1. The van der Waals surface area contributed by atoms with Crippen LogP contribution >= 0.6 is 0 Å². The zero-order chi connectivity index (χ0) is 15.5. The van der Waals surface area contributed by atoms with Crippen molar-refractivity contribution in [2.24, 2.45) is 0 Å². The molecule has 1 aliphatic carbocycles. The molecular formula is C16H22N2O4. The molecule has 1 aromatic rings. The van der Waals surface area contributed by atoms with E-state index in [1.807, 2.05) is 4.90 Å². The Morgan fingerprint density at radius 3 is 2.86 bits per heavy atom. The summed E-state index contributed by atoms with van der Waals surface area (Å²) >= 11 is 0. The van der Waals surface area contributed by atoms with E-state index >= 15 is 0 Å². The first-order valence-electron chi connectivity index (χ1n) is 8.17. The van der Waals surface area contributed by atoms with Crippen molar-refractivity contribution in [3.05, 3.63) is 17.0 Å². The van der Waals surface area contributed by atoms with E-state index in [0.29, 0.717) is 18.7 Å². The van der Waals surface area contributed by atoms with Gasteiger partial charge in [0.2, 0.25) is 0 Å². The first-order chi connectivity index (χ1) is 10.7. The van der Waals surface area contributed by atoms with Gasteiger partial charge in [0, 0.05) is 31.0 Å². The highest BCUT2D eigenvalue weighted by molar-refractivity contribution is 5.94. The van der Waals surface area contributed by atoms with Crippen molar-refractivity contribution in [1.82, 2.24) is 10.1 Å². The second-order valence-electron chi connectivity index (χ2n) is 6.22. The lowest BCUT2D eigenvalue weighted by Gasteiger charge is -2.35. The fourth-order valence-electron chi connectivity index (χ4n) is 3.55. The van der Waals surface area contributed by atoms with E-state index in [-0.39, 0.29) is 18.4 Å². The number of fused-ring (bicyclic) bond motifs is 1. The third kappa shape index (κ3) is 3.00. The van der Waals surface area contributed by atoms with Gasteiger partial charge < -0.3 is 14.5 Å². The van der Waals surface area contributed by atoms with Gasteiger partial charge in [0.1, 0.15) is 5.76 Å². The van der Waals surface area contributed by atoms with Crippen LogP contribution in [0.2, 0.25) is 0 Å². The Kier molecular flexibility index (Phi) is 4.45. The number of hydrogen-bond acceptors (Lipinski definition) is 4. The normalized spacial score (nSPS) is 21.5. The summed E-state index contributed by atoms with van der Waals surface area (Å²) in [6.45, 7) is 0.685. The smallest absolute Gasteiger partial charge is 0.303 e. The summed E-state index contributed by atoms with van der Waals surface area (Å²) in [6.07, 6.45) is 7.37. The van der Waals surface area contributed by atoms with E-state index in [4.69, 9.17) is 9.63 Å². The molecule has 1 amide bonds. The molecule has 0 saturated carbocycles. The summed E-state index contributed by atoms with van der Waals surface area (Å²) in [5.74, 6) is -0.0347. The minimum Gasteiger partial charge on any atom is -0.481 e. The number of nitrogens with zero attached hydrogens (tertiary/aromatic N) is 2. The third-order valence-corrected chi connectivity index (χ3v) is 4.73. The number of aryl methyl sites for hydroxylation is 1. The van der Waals surface area contributed by atoms with Gasteiger partial charge in [-0.2, -0.15) is 0 Å². The summed E-state index contributed by atoms with van der Waals surface area (Å²) in [5.41, 5.74) is 1.43. The molecule has 0 spiro atoms. The van der Waals surface area contributed by atoms with E-state index in [1.54, 1.807) is 0 Å². The second kappa shape index (κ2) is 6.50. The molecule has 1 atom stereocenters. The predicted molar refractivity (Wildman–Crippen MR) is 78.7 cm³/mol. The van der Waals surface area contributed by atoms with Gasteiger partial charge in [0.05, 0.1) is 0 Å². The molecule has 1 aliphatic heterocycles. The number of piperidine rings is 1. The summed E-state index contributed by atoms with van der Waals surface area (Å²) in [6, 6.07) is 0.00768. The molecule has 1 unspecified atom stereocenters. The van der Waals surface area contributed by atoms with Crippen molar-refractivity contribution in [2.45, 2.75) is 63.8 Å². The molecule has 120 valence electrons. The van der Waals surface area contributed by atoms with Crippen molar-refractivity contribution in [3.8, 4) is 0 Å². The number of likely N-dealkylation sites (tertiary alicyclic amines) is 1. The van der Waals surface area contributed by atoms with Crippen LogP contribution in [0.1, 0.15) is 66.8 Å². The largest absolute Gasteiger partial charge is 0.481 e. The molecule has 1 fully saturated rings. The van der Waals surface area contributed by atoms with E-state index in [1.165, 1.54) is 0 Å². The summed E-state index contributed by atoms with van der Waals surface area (Å²) in [7, 11) is 0. The summed E-state index contributed by atoms with van der Waals surface area (Å²) in [5, 5.41) is 12.9. The van der Waals surface area contributed by atoms with Gasteiger partial charge in [-0.05, 0) is 44.9 Å². The van der Waals surface area contributed by atoms with Crippen LogP contribution in [-0.4, -0.2) is 39.6 Å². The van der Waals surface area contributed by atoms with Crippen LogP contribution in [-0.2, 0) is 17.6 Å². The second-order valence-corrected chi connectivity index (χ2v) is 6.22. The standard InChI is InChI=1S/C16H22N2O4/c19-14(20)9-8-11-5-3-4-10-18(11)16(21)15-12-6-1-2-7-13(12)22-17-15/h11H,1-10H2,(H,19,20). The average Bonchev–Trinajstić information content (AvgIpc) is 2.96. The molecule has 3 rings (SSSR count). The van der Waals surface area contributed by atoms with Crippen LogP contribution in [0.15, 0.2) is 4.52 Å². The van der Waals surface area contributed by atoms with Crippen molar-refractivity contribution in [2.75, 3.05) is 6.54 Å². The maximum absolute atomic E-state index is 12.8. The van der Waals surface area contributed by atoms with E-state index < -0.39 is 5.97 Å². The monoisotopic (exact) mass is 306 g/mol. The number of rotatable bonds is 4. The lowest BCUT2D eigenvalue weighted by molar-refractivity contribution is -0.137. The maximum Gasteiger partial charge on any atom is 0.303 e. The molecule has 1 aromatic heterocycles. The zero-order valence-electron chi connectivity index (χ0n) is 12.7. The number of carboxylic acids is 1. The molecule has 22 heavy (non-hydrogen) atoms. The first kappa shape index (κ1) is 15.1. The fourth-order valence-corrected chi connectivity index (χ4v) is 3.55. The Labute approximate surface area is 129 Å². The average molecular weight is 306 g/mol. The zero-order valence-corrected chi connectivity index (χ0v) is 12.7. The van der Waals surface area contributed by atoms with Crippen molar-refractivity contribution >= 4 is 11.9 Å². The van der Waals surface area contributed by atoms with Gasteiger partial charge in [-0.3, -0.25) is 9.59 Å². The van der Waals surface area contributed by atoms with Crippen LogP contribution in [0.25, 0.3) is 0 Å². The Morgan fingerprint density at radius 2 is 2.05 bits per heavy atom. The van der Waals surface area contributed by atoms with E-state index in [0.717, 1.165) is 56.3 Å². The quantitative estimate of drug-likeness (QED) is 0.923. The highest BCUT2D eigenvalue weighted by Crippen LogP contribution is 2.28. The summed E-state index contributed by atoms with van der Waals surface area (Å²) < 4.78 is 5.34. The number of aromatic nitrogens is 1. The minimum atomic E-state index is -0.809. The fraction of sp³-hybridized carbons (Fsp3) is 0.688. The number of carbonyl (C=O) groups is 2. The third-order valence-electron chi connectivity index (χ3n) is 4.73. The Morgan fingerprint density at radius 1 is 1.23 bits per heavy atom. The lowest BCUT2D eigenvalue weighted by Crippen LogP contribution is -2.44. The molecule has 1 saturated heterocycles. The minimum absolute atomic E-state index is 0.00768. The van der Waals surface area contributed by atoms with E-state index in [2.05, 4.69) is 5.16 Å². The van der Waals surface area contributed by atoms with Crippen LogP contribution in [0.4, 0.5) is 0 Å². The van der Waals surface area contributed by atoms with Gasteiger partial charge in [-0.1, -0.05) is 5.16 Å². The van der Waals surface area contributed by atoms with Gasteiger partial charge in [0.15, 0.2) is 5.69 Å². The van der Waals surface area contributed by atoms with Crippen molar-refractivity contribution in [3.63, 3.8) is 0 Å². The number of carbonyl (C=O) groups excluding carboxylic acids is 1. The Hall–Kier alpha value is -1.85. The van der Waals surface area contributed by atoms with Crippen LogP contribution in [0.3, 0.4) is 0 Å². The van der Waals surface area contributed by atoms with Crippen molar-refractivity contribution < 1.29 is 19.2 Å². The molecule has 1 N–H and O–H groups in total. The number of amides is 1. The predicted octanol–water partition coefficient (Wildman–Crippen LogP) is 2.41. The highest BCUT2D eigenvalue weighted by atomic mass is 16.5. The lowest BCUT2D eigenvalue weighted by atomic mass is 9.94. The van der Waals surface area contributed by atoms with Crippen LogP contribution < -0.4 is 0 Å². The molecule has 6 nitrogen and oxygen atoms in total. The van der Waals surface area contributed by atoms with Gasteiger partial charge in [-0.25, -0.2) is 0 Å². The van der Waals surface area contributed by atoms with Gasteiger partial charge >= 0.3 is 5.97 Å². The maximum atomic E-state index is 12.8. The SMILES string of the molecule is O=C(O)CCC1CCCCN1C(=O)c1noc2c1CCCC2. The van der Waals surface area contributed by atoms with Gasteiger partial charge in [-0.15, -0.1) is 0 Å². The molecule has 2 aliphatic rings. The molecule has 2 heterocycles. The molecule has 6 heteroatoms. The highest BCUT2D eigenvalue weighted by Gasteiger charge is 2.32. The van der Waals surface area contributed by atoms with Crippen LogP contribution in [0, 0.1) is 0 Å². The number of hydrogen-bond donors (Lipinski definition) is 1. The van der Waals surface area contributed by atoms with Crippen molar-refractivity contribution in [1.29, 1.82) is 0 Å². The molecule has 0 bridgehead atoms. The first-order valence-corrected chi connectivity index (χ1v) is 8.17.